The first-order valence-corrected chi connectivity index (χ1v) is 11.3. The van der Waals surface area contributed by atoms with Crippen LogP contribution in [0.2, 0.25) is 0 Å². The van der Waals surface area contributed by atoms with E-state index in [2.05, 4.69) is 10.3 Å². The summed E-state index contributed by atoms with van der Waals surface area (Å²) >= 11 is 3.01. The Labute approximate surface area is 186 Å². The Kier molecular flexibility index (Phi) is 6.34. The van der Waals surface area contributed by atoms with Gasteiger partial charge in [-0.25, -0.2) is 4.98 Å². The second-order valence-electron chi connectivity index (χ2n) is 6.77. The SMILES string of the molecule is COc1ccc(CCNC(=O)Cn2cnc3scc(-c4cccs4)c3c2=O)cc1OC. The van der Waals surface area contributed by atoms with E-state index in [0.717, 1.165) is 16.0 Å². The van der Waals surface area contributed by atoms with Crippen LogP contribution >= 0.6 is 22.7 Å². The first kappa shape index (κ1) is 21.1. The van der Waals surface area contributed by atoms with Gasteiger partial charge in [0, 0.05) is 22.4 Å². The molecule has 31 heavy (non-hydrogen) atoms. The summed E-state index contributed by atoms with van der Waals surface area (Å²) in [5.74, 6) is 1.07. The topological polar surface area (TPSA) is 82.5 Å². The van der Waals surface area contributed by atoms with E-state index in [0.29, 0.717) is 34.7 Å². The molecule has 0 spiro atoms. The fraction of sp³-hybridized carbons (Fsp3) is 0.227. The van der Waals surface area contributed by atoms with Gasteiger partial charge in [-0.05, 0) is 35.6 Å². The largest absolute Gasteiger partial charge is 0.493 e. The van der Waals surface area contributed by atoms with Crippen molar-refractivity contribution in [2.45, 2.75) is 13.0 Å². The molecule has 1 aromatic carbocycles. The molecule has 9 heteroatoms. The summed E-state index contributed by atoms with van der Waals surface area (Å²) in [5, 5.41) is 7.34. The molecule has 0 saturated carbocycles. The summed E-state index contributed by atoms with van der Waals surface area (Å²) in [6, 6.07) is 9.57. The standard InChI is InChI=1S/C22H21N3O4S2/c1-28-16-6-5-14(10-17(16)29-2)7-8-23-19(26)11-25-13-24-21-20(22(25)27)15(12-31-21)18-4-3-9-30-18/h3-6,9-10,12-13H,7-8,11H2,1-2H3,(H,23,26). The van der Waals surface area contributed by atoms with Crippen LogP contribution < -0.4 is 20.3 Å². The van der Waals surface area contributed by atoms with E-state index in [9.17, 15) is 9.59 Å². The molecule has 0 radical (unpaired) electrons. The highest BCUT2D eigenvalue weighted by molar-refractivity contribution is 7.18. The molecule has 1 amide bonds. The third-order valence-corrected chi connectivity index (χ3v) is 6.63. The van der Waals surface area contributed by atoms with E-state index < -0.39 is 0 Å². The minimum absolute atomic E-state index is 0.0760. The number of methoxy groups -OCH3 is 2. The average Bonchev–Trinajstić information content (AvgIpc) is 3.45. The van der Waals surface area contributed by atoms with E-state index in [1.54, 1.807) is 25.6 Å². The van der Waals surface area contributed by atoms with Crippen molar-refractivity contribution in [1.29, 1.82) is 0 Å². The lowest BCUT2D eigenvalue weighted by atomic mass is 10.1. The van der Waals surface area contributed by atoms with Crippen LogP contribution in [0.1, 0.15) is 5.56 Å². The van der Waals surface area contributed by atoms with Gasteiger partial charge in [-0.1, -0.05) is 12.1 Å². The number of carbonyl (C=O) groups excluding carboxylic acids is 1. The van der Waals surface area contributed by atoms with Crippen molar-refractivity contribution in [1.82, 2.24) is 14.9 Å². The molecule has 4 aromatic rings. The predicted molar refractivity (Wildman–Crippen MR) is 123 cm³/mol. The molecule has 0 fully saturated rings. The maximum Gasteiger partial charge on any atom is 0.263 e. The van der Waals surface area contributed by atoms with Crippen LogP contribution in [0.25, 0.3) is 20.7 Å². The van der Waals surface area contributed by atoms with Gasteiger partial charge in [-0.3, -0.25) is 14.2 Å². The van der Waals surface area contributed by atoms with Crippen molar-refractivity contribution >= 4 is 38.8 Å². The maximum absolute atomic E-state index is 13.0. The smallest absolute Gasteiger partial charge is 0.263 e. The van der Waals surface area contributed by atoms with Gasteiger partial charge in [0.2, 0.25) is 5.91 Å². The molecule has 0 bridgehead atoms. The van der Waals surface area contributed by atoms with Gasteiger partial charge in [-0.2, -0.15) is 0 Å². The number of rotatable bonds is 8. The number of carbonyl (C=O) groups is 1. The van der Waals surface area contributed by atoms with Crippen molar-refractivity contribution in [3.8, 4) is 21.9 Å². The number of benzene rings is 1. The number of ether oxygens (including phenoxy) is 2. The highest BCUT2D eigenvalue weighted by Gasteiger charge is 2.15. The number of hydrogen-bond donors (Lipinski definition) is 1. The monoisotopic (exact) mass is 455 g/mol. The van der Waals surface area contributed by atoms with Crippen LogP contribution in [0.5, 0.6) is 11.5 Å². The third kappa shape index (κ3) is 4.47. The Hall–Kier alpha value is -3.17. The lowest BCUT2D eigenvalue weighted by Crippen LogP contribution is -2.33. The first-order chi connectivity index (χ1) is 15.1. The Bertz CT molecular complexity index is 1260. The quantitative estimate of drug-likeness (QED) is 0.439. The van der Waals surface area contributed by atoms with E-state index in [4.69, 9.17) is 9.47 Å². The number of fused-ring (bicyclic) bond motifs is 1. The molecule has 7 nitrogen and oxygen atoms in total. The molecule has 0 unspecified atom stereocenters. The van der Waals surface area contributed by atoms with Crippen LogP contribution in [0.3, 0.4) is 0 Å². The Morgan fingerprint density at radius 1 is 1.16 bits per heavy atom. The lowest BCUT2D eigenvalue weighted by Gasteiger charge is -2.10. The fourth-order valence-electron chi connectivity index (χ4n) is 3.29. The Morgan fingerprint density at radius 2 is 2.00 bits per heavy atom. The Balaban J connectivity index is 1.43. The summed E-state index contributed by atoms with van der Waals surface area (Å²) in [4.78, 5) is 31.5. The van der Waals surface area contributed by atoms with Crippen molar-refractivity contribution in [3.05, 3.63) is 63.3 Å². The fourth-order valence-corrected chi connectivity index (χ4v) is 5.01. The van der Waals surface area contributed by atoms with Crippen LogP contribution in [-0.4, -0.2) is 36.2 Å². The van der Waals surface area contributed by atoms with Gasteiger partial charge in [0.05, 0.1) is 25.9 Å². The first-order valence-electron chi connectivity index (χ1n) is 9.59. The Morgan fingerprint density at radius 3 is 2.74 bits per heavy atom. The zero-order chi connectivity index (χ0) is 21.8. The molecular weight excluding hydrogens is 434 g/mol. The van der Waals surface area contributed by atoms with E-state index in [1.807, 2.05) is 41.1 Å². The minimum atomic E-state index is -0.239. The summed E-state index contributed by atoms with van der Waals surface area (Å²) in [5.41, 5.74) is 1.68. The van der Waals surface area contributed by atoms with Gasteiger partial charge in [0.1, 0.15) is 11.4 Å². The average molecular weight is 456 g/mol. The molecular formula is C22H21N3O4S2. The highest BCUT2D eigenvalue weighted by atomic mass is 32.1. The summed E-state index contributed by atoms with van der Waals surface area (Å²) < 4.78 is 11.9. The van der Waals surface area contributed by atoms with Crippen LogP contribution in [-0.2, 0) is 17.8 Å². The zero-order valence-corrected chi connectivity index (χ0v) is 18.7. The van der Waals surface area contributed by atoms with E-state index >= 15 is 0 Å². The minimum Gasteiger partial charge on any atom is -0.493 e. The van der Waals surface area contributed by atoms with E-state index in [1.165, 1.54) is 22.2 Å². The zero-order valence-electron chi connectivity index (χ0n) is 17.1. The van der Waals surface area contributed by atoms with Crippen molar-refractivity contribution in [2.75, 3.05) is 20.8 Å². The molecule has 0 saturated heterocycles. The third-order valence-electron chi connectivity index (χ3n) is 4.85. The van der Waals surface area contributed by atoms with Gasteiger partial charge in [0.15, 0.2) is 11.5 Å². The normalized spacial score (nSPS) is 10.9. The molecule has 1 N–H and O–H groups in total. The second-order valence-corrected chi connectivity index (χ2v) is 8.58. The lowest BCUT2D eigenvalue weighted by molar-refractivity contribution is -0.121. The van der Waals surface area contributed by atoms with Crippen LogP contribution in [0.4, 0.5) is 0 Å². The summed E-state index contributed by atoms with van der Waals surface area (Å²) in [7, 11) is 3.18. The number of hydrogen-bond acceptors (Lipinski definition) is 7. The highest BCUT2D eigenvalue weighted by Crippen LogP contribution is 2.33. The number of amides is 1. The molecule has 0 atom stereocenters. The molecule has 160 valence electrons. The van der Waals surface area contributed by atoms with Crippen molar-refractivity contribution in [2.24, 2.45) is 0 Å². The number of nitrogens with zero attached hydrogens (tertiary/aromatic N) is 2. The van der Waals surface area contributed by atoms with Gasteiger partial charge < -0.3 is 14.8 Å². The molecule has 0 aliphatic heterocycles. The number of nitrogens with one attached hydrogen (secondary N) is 1. The summed E-state index contributed by atoms with van der Waals surface area (Å²) in [6.07, 6.45) is 2.07. The van der Waals surface area contributed by atoms with Gasteiger partial charge >= 0.3 is 0 Å². The molecule has 3 aromatic heterocycles. The van der Waals surface area contributed by atoms with Crippen LogP contribution in [0.15, 0.2) is 52.2 Å². The summed E-state index contributed by atoms with van der Waals surface area (Å²) in [6.45, 7) is 0.366. The van der Waals surface area contributed by atoms with Crippen LogP contribution in [0, 0.1) is 0 Å². The number of aromatic nitrogens is 2. The predicted octanol–water partition coefficient (Wildman–Crippen LogP) is 3.56. The van der Waals surface area contributed by atoms with E-state index in [-0.39, 0.29) is 18.0 Å². The van der Waals surface area contributed by atoms with Gasteiger partial charge in [0.25, 0.3) is 5.56 Å². The second kappa shape index (κ2) is 9.32. The van der Waals surface area contributed by atoms with Crippen molar-refractivity contribution in [3.63, 3.8) is 0 Å². The molecule has 0 aliphatic rings. The molecule has 3 heterocycles. The maximum atomic E-state index is 13.0. The number of thiophene rings is 2. The van der Waals surface area contributed by atoms with Gasteiger partial charge in [-0.15, -0.1) is 22.7 Å². The molecule has 4 rings (SSSR count). The molecule has 0 aliphatic carbocycles. The van der Waals surface area contributed by atoms with Crippen molar-refractivity contribution < 1.29 is 14.3 Å².